The van der Waals surface area contributed by atoms with Gasteiger partial charge in [0.15, 0.2) is 6.29 Å². The SMILES string of the molecule is O=[C]CCCCNNc1ccccc1. The lowest BCUT2D eigenvalue weighted by molar-refractivity contribution is 0.545. The molecule has 1 radical (unpaired) electrons. The molecular weight excluding hydrogens is 176 g/mol. The fourth-order valence-corrected chi connectivity index (χ4v) is 1.10. The zero-order valence-electron chi connectivity index (χ0n) is 8.12. The second-order valence-corrected chi connectivity index (χ2v) is 3.02. The van der Waals surface area contributed by atoms with Crippen molar-refractivity contribution in [3.63, 3.8) is 0 Å². The van der Waals surface area contributed by atoms with E-state index in [0.29, 0.717) is 6.42 Å². The van der Waals surface area contributed by atoms with E-state index in [9.17, 15) is 4.79 Å². The summed E-state index contributed by atoms with van der Waals surface area (Å²) in [7, 11) is 0. The summed E-state index contributed by atoms with van der Waals surface area (Å²) in [6, 6.07) is 9.92. The number of para-hydroxylation sites is 1. The number of hydrogen-bond donors (Lipinski definition) is 2. The summed E-state index contributed by atoms with van der Waals surface area (Å²) in [4.78, 5) is 9.90. The predicted molar refractivity (Wildman–Crippen MR) is 57.6 cm³/mol. The maximum Gasteiger partial charge on any atom is 0.198 e. The van der Waals surface area contributed by atoms with E-state index in [1.165, 1.54) is 0 Å². The molecule has 3 nitrogen and oxygen atoms in total. The number of hydrogen-bond acceptors (Lipinski definition) is 3. The zero-order valence-corrected chi connectivity index (χ0v) is 8.12. The van der Waals surface area contributed by atoms with Gasteiger partial charge in [0, 0.05) is 18.7 Å². The Balaban J connectivity index is 2.02. The summed E-state index contributed by atoms with van der Waals surface area (Å²) in [5.41, 5.74) is 7.20. The molecule has 0 unspecified atom stereocenters. The average Bonchev–Trinajstić information content (AvgIpc) is 2.25. The Morgan fingerprint density at radius 3 is 2.64 bits per heavy atom. The minimum Gasteiger partial charge on any atom is -0.322 e. The summed E-state index contributed by atoms with van der Waals surface area (Å²) >= 11 is 0. The van der Waals surface area contributed by atoms with Gasteiger partial charge in [-0.05, 0) is 25.0 Å². The van der Waals surface area contributed by atoms with Crippen LogP contribution in [-0.2, 0) is 4.79 Å². The number of anilines is 1. The van der Waals surface area contributed by atoms with Gasteiger partial charge in [0.2, 0.25) is 0 Å². The molecule has 1 aromatic rings. The van der Waals surface area contributed by atoms with Gasteiger partial charge in [0.25, 0.3) is 0 Å². The van der Waals surface area contributed by atoms with Crippen molar-refractivity contribution in [2.24, 2.45) is 0 Å². The van der Waals surface area contributed by atoms with Crippen molar-refractivity contribution >= 4 is 12.0 Å². The fourth-order valence-electron chi connectivity index (χ4n) is 1.10. The molecule has 1 rings (SSSR count). The van der Waals surface area contributed by atoms with Crippen LogP contribution < -0.4 is 10.9 Å². The van der Waals surface area contributed by atoms with Gasteiger partial charge in [-0.3, -0.25) is 4.79 Å². The molecule has 75 valence electrons. The Hall–Kier alpha value is -1.35. The van der Waals surface area contributed by atoms with E-state index in [2.05, 4.69) is 10.9 Å². The molecule has 0 aliphatic rings. The first kappa shape index (κ1) is 10.7. The molecule has 0 saturated heterocycles. The Morgan fingerprint density at radius 1 is 1.14 bits per heavy atom. The van der Waals surface area contributed by atoms with Crippen molar-refractivity contribution in [2.75, 3.05) is 12.0 Å². The number of benzene rings is 1. The van der Waals surface area contributed by atoms with E-state index in [1.54, 1.807) is 0 Å². The van der Waals surface area contributed by atoms with E-state index < -0.39 is 0 Å². The molecule has 0 saturated carbocycles. The Labute approximate surface area is 84.5 Å². The third-order valence-electron chi connectivity index (χ3n) is 1.84. The lowest BCUT2D eigenvalue weighted by atomic mass is 10.2. The molecule has 0 fully saturated rings. The van der Waals surface area contributed by atoms with Crippen LogP contribution in [0.4, 0.5) is 5.69 Å². The highest BCUT2D eigenvalue weighted by atomic mass is 16.1. The smallest absolute Gasteiger partial charge is 0.198 e. The van der Waals surface area contributed by atoms with Crippen LogP contribution in [0.5, 0.6) is 0 Å². The second kappa shape index (κ2) is 7.09. The number of nitrogens with one attached hydrogen (secondary N) is 2. The molecule has 2 N–H and O–H groups in total. The lowest BCUT2D eigenvalue weighted by Gasteiger charge is -2.06. The highest BCUT2D eigenvalue weighted by Gasteiger charge is 1.89. The van der Waals surface area contributed by atoms with Crippen LogP contribution in [0, 0.1) is 0 Å². The first-order chi connectivity index (χ1) is 6.93. The van der Waals surface area contributed by atoms with Gasteiger partial charge in [0.1, 0.15) is 0 Å². The minimum atomic E-state index is 0.535. The number of rotatable bonds is 7. The molecule has 1 aromatic carbocycles. The number of hydrazine groups is 1. The average molecular weight is 191 g/mol. The summed E-state index contributed by atoms with van der Waals surface area (Å²) in [6.07, 6.45) is 4.29. The quantitative estimate of drug-likeness (QED) is 0.510. The van der Waals surface area contributed by atoms with Gasteiger partial charge < -0.3 is 5.43 Å². The molecule has 0 bridgehead atoms. The molecule has 3 heteroatoms. The van der Waals surface area contributed by atoms with Crippen LogP contribution in [0.1, 0.15) is 19.3 Å². The van der Waals surface area contributed by atoms with Gasteiger partial charge in [-0.15, -0.1) is 0 Å². The van der Waals surface area contributed by atoms with Gasteiger partial charge >= 0.3 is 0 Å². The highest BCUT2D eigenvalue weighted by Crippen LogP contribution is 2.02. The summed E-state index contributed by atoms with van der Waals surface area (Å²) in [6.45, 7) is 0.858. The molecule has 14 heavy (non-hydrogen) atoms. The van der Waals surface area contributed by atoms with Crippen molar-refractivity contribution < 1.29 is 4.79 Å². The van der Waals surface area contributed by atoms with Crippen LogP contribution in [0.15, 0.2) is 30.3 Å². The van der Waals surface area contributed by atoms with E-state index in [0.717, 1.165) is 25.1 Å². The Kier molecular flexibility index (Phi) is 5.43. The molecule has 0 aromatic heterocycles. The largest absolute Gasteiger partial charge is 0.322 e. The van der Waals surface area contributed by atoms with Gasteiger partial charge in [-0.25, -0.2) is 5.43 Å². The molecule has 0 aliphatic heterocycles. The van der Waals surface area contributed by atoms with E-state index in [-0.39, 0.29) is 0 Å². The van der Waals surface area contributed by atoms with E-state index in [1.807, 2.05) is 36.6 Å². The minimum absolute atomic E-state index is 0.535. The monoisotopic (exact) mass is 191 g/mol. The highest BCUT2D eigenvalue weighted by molar-refractivity contribution is 5.50. The van der Waals surface area contributed by atoms with E-state index >= 15 is 0 Å². The summed E-state index contributed by atoms with van der Waals surface area (Å²) in [5.74, 6) is 0. The second-order valence-electron chi connectivity index (χ2n) is 3.02. The third-order valence-corrected chi connectivity index (χ3v) is 1.84. The first-order valence-electron chi connectivity index (χ1n) is 4.82. The molecule has 0 spiro atoms. The van der Waals surface area contributed by atoms with Crippen LogP contribution >= 0.6 is 0 Å². The zero-order chi connectivity index (χ0) is 10.1. The van der Waals surface area contributed by atoms with E-state index in [4.69, 9.17) is 0 Å². The topological polar surface area (TPSA) is 41.1 Å². The number of unbranched alkanes of at least 4 members (excludes halogenated alkanes) is 2. The maximum absolute atomic E-state index is 9.90. The van der Waals surface area contributed by atoms with Crippen LogP contribution in [0.25, 0.3) is 0 Å². The van der Waals surface area contributed by atoms with Crippen molar-refractivity contribution in [2.45, 2.75) is 19.3 Å². The van der Waals surface area contributed by atoms with Gasteiger partial charge in [-0.1, -0.05) is 18.2 Å². The Morgan fingerprint density at radius 2 is 1.93 bits per heavy atom. The van der Waals surface area contributed by atoms with Crippen molar-refractivity contribution in [3.05, 3.63) is 30.3 Å². The van der Waals surface area contributed by atoms with Crippen molar-refractivity contribution in [3.8, 4) is 0 Å². The fraction of sp³-hybridized carbons (Fsp3) is 0.364. The van der Waals surface area contributed by atoms with Crippen LogP contribution in [0.3, 0.4) is 0 Å². The third kappa shape index (κ3) is 4.62. The number of carbonyl (C=O) groups excluding carboxylic acids is 1. The first-order valence-corrected chi connectivity index (χ1v) is 4.82. The molecule has 0 atom stereocenters. The standard InChI is InChI=1S/C11H15N2O/c14-10-6-2-5-9-12-13-11-7-3-1-4-8-11/h1,3-4,7-8,12-13H,2,5-6,9H2. The molecule has 0 amide bonds. The molecule has 0 aliphatic carbocycles. The Bertz CT molecular complexity index is 249. The van der Waals surface area contributed by atoms with Crippen molar-refractivity contribution in [1.82, 2.24) is 5.43 Å². The summed E-state index contributed by atoms with van der Waals surface area (Å²) in [5, 5.41) is 0. The predicted octanol–water partition coefficient (Wildman–Crippen LogP) is 1.88. The molecule has 0 heterocycles. The summed E-state index contributed by atoms with van der Waals surface area (Å²) < 4.78 is 0. The lowest BCUT2D eigenvalue weighted by Crippen LogP contribution is -2.22. The molecular formula is C11H15N2O. The maximum atomic E-state index is 9.90. The van der Waals surface area contributed by atoms with Gasteiger partial charge in [0.05, 0.1) is 0 Å². The van der Waals surface area contributed by atoms with Crippen LogP contribution in [0.2, 0.25) is 0 Å². The normalized spacial score (nSPS) is 9.71. The van der Waals surface area contributed by atoms with Crippen LogP contribution in [-0.4, -0.2) is 12.8 Å². The van der Waals surface area contributed by atoms with Crippen molar-refractivity contribution in [1.29, 1.82) is 0 Å². The van der Waals surface area contributed by atoms with Gasteiger partial charge in [-0.2, -0.15) is 0 Å².